The molecule has 1 aliphatic rings. The van der Waals surface area contributed by atoms with Crippen molar-refractivity contribution in [2.24, 2.45) is 4.99 Å². The number of isocyanates is 1. The maximum absolute atomic E-state index is 10.3. The van der Waals surface area contributed by atoms with E-state index in [2.05, 4.69) is 9.89 Å². The summed E-state index contributed by atoms with van der Waals surface area (Å²) in [4.78, 5) is 16.5. The Balaban J connectivity index is 2.10. The van der Waals surface area contributed by atoms with Gasteiger partial charge in [-0.15, -0.1) is 0 Å². The highest BCUT2D eigenvalue weighted by Gasteiger charge is 2.11. The van der Waals surface area contributed by atoms with Gasteiger partial charge in [-0.1, -0.05) is 24.6 Å². The normalized spacial score (nSPS) is 16.8. The van der Waals surface area contributed by atoms with Gasteiger partial charge in [0.15, 0.2) is 0 Å². The molecule has 0 atom stereocenters. The average Bonchev–Trinajstić information content (AvgIpc) is 2.33. The van der Waals surface area contributed by atoms with Crippen LogP contribution in [0.3, 0.4) is 0 Å². The topological polar surface area (TPSA) is 32.7 Å². The summed E-state index contributed by atoms with van der Waals surface area (Å²) in [5.74, 6) is 0. The van der Waals surface area contributed by atoms with Gasteiger partial charge in [0.25, 0.3) is 0 Å². The molecule has 3 heteroatoms. The lowest BCUT2D eigenvalue weighted by Crippen LogP contribution is -2.29. The van der Waals surface area contributed by atoms with Crippen molar-refractivity contribution in [2.75, 3.05) is 13.1 Å². The van der Waals surface area contributed by atoms with E-state index in [1.807, 2.05) is 24.3 Å². The molecule has 1 aromatic carbocycles. The molecule has 84 valence electrons. The van der Waals surface area contributed by atoms with E-state index >= 15 is 0 Å². The van der Waals surface area contributed by atoms with Crippen LogP contribution in [0, 0.1) is 0 Å². The molecule has 0 amide bonds. The maximum atomic E-state index is 10.3. The van der Waals surface area contributed by atoms with Gasteiger partial charge in [0.2, 0.25) is 6.08 Å². The summed E-state index contributed by atoms with van der Waals surface area (Å²) >= 11 is 0. The Morgan fingerprint density at radius 2 is 1.94 bits per heavy atom. The number of rotatable bonds is 3. The first-order valence-corrected chi connectivity index (χ1v) is 5.78. The summed E-state index contributed by atoms with van der Waals surface area (Å²) in [6.45, 7) is 3.19. The van der Waals surface area contributed by atoms with Gasteiger partial charge in [-0.05, 0) is 37.6 Å². The van der Waals surface area contributed by atoms with E-state index in [1.165, 1.54) is 19.3 Å². The molecule has 2 rings (SSSR count). The zero-order chi connectivity index (χ0) is 11.2. The number of para-hydroxylation sites is 1. The Hall–Kier alpha value is -1.44. The molecule has 1 heterocycles. The van der Waals surface area contributed by atoms with E-state index in [4.69, 9.17) is 0 Å². The second-order valence-electron chi connectivity index (χ2n) is 4.17. The highest BCUT2D eigenvalue weighted by atomic mass is 16.1. The zero-order valence-electron chi connectivity index (χ0n) is 9.35. The van der Waals surface area contributed by atoms with Crippen molar-refractivity contribution in [1.82, 2.24) is 4.90 Å². The Morgan fingerprint density at radius 1 is 1.19 bits per heavy atom. The van der Waals surface area contributed by atoms with Crippen LogP contribution in [0.1, 0.15) is 24.8 Å². The van der Waals surface area contributed by atoms with Crippen molar-refractivity contribution < 1.29 is 4.79 Å². The number of carbonyl (C=O) groups excluding carboxylic acids is 1. The minimum atomic E-state index is 0.753. The van der Waals surface area contributed by atoms with Gasteiger partial charge in [0.1, 0.15) is 0 Å². The van der Waals surface area contributed by atoms with Gasteiger partial charge in [0.05, 0.1) is 5.69 Å². The Morgan fingerprint density at radius 3 is 2.69 bits per heavy atom. The molecule has 1 aliphatic heterocycles. The Kier molecular flexibility index (Phi) is 3.86. The first-order chi connectivity index (χ1) is 7.90. The van der Waals surface area contributed by atoms with Crippen LogP contribution in [0.5, 0.6) is 0 Å². The first kappa shape index (κ1) is 11.1. The standard InChI is InChI=1S/C13H16N2O/c16-11-14-13-7-3-2-6-12(13)10-15-8-4-1-5-9-15/h2-3,6-7H,1,4-5,8-10H2. The summed E-state index contributed by atoms with van der Waals surface area (Å²) in [6, 6.07) is 7.79. The lowest BCUT2D eigenvalue weighted by molar-refractivity contribution is 0.221. The van der Waals surface area contributed by atoms with Crippen molar-refractivity contribution >= 4 is 11.8 Å². The number of aliphatic imine (C=N–C) groups is 1. The van der Waals surface area contributed by atoms with Gasteiger partial charge in [-0.25, -0.2) is 4.79 Å². The molecule has 1 aromatic rings. The summed E-state index contributed by atoms with van der Waals surface area (Å²) in [5, 5.41) is 0. The molecule has 0 unspecified atom stereocenters. The van der Waals surface area contributed by atoms with Gasteiger partial charge in [0, 0.05) is 6.54 Å². The number of nitrogens with zero attached hydrogens (tertiary/aromatic N) is 2. The van der Waals surface area contributed by atoms with Crippen LogP contribution in [0.4, 0.5) is 5.69 Å². The highest BCUT2D eigenvalue weighted by Crippen LogP contribution is 2.21. The van der Waals surface area contributed by atoms with Crippen LogP contribution in [-0.2, 0) is 11.3 Å². The van der Waals surface area contributed by atoms with Crippen LogP contribution in [0.25, 0.3) is 0 Å². The van der Waals surface area contributed by atoms with Gasteiger partial charge in [-0.2, -0.15) is 4.99 Å². The molecule has 0 aromatic heterocycles. The molecule has 0 N–H and O–H groups in total. The van der Waals surface area contributed by atoms with E-state index in [0.717, 1.165) is 30.9 Å². The number of hydrogen-bond acceptors (Lipinski definition) is 3. The molecular formula is C13H16N2O. The lowest BCUT2D eigenvalue weighted by Gasteiger charge is -2.26. The second kappa shape index (κ2) is 5.59. The fourth-order valence-corrected chi connectivity index (χ4v) is 2.16. The quantitative estimate of drug-likeness (QED) is 0.574. The van der Waals surface area contributed by atoms with E-state index in [-0.39, 0.29) is 0 Å². The minimum absolute atomic E-state index is 0.753. The van der Waals surface area contributed by atoms with Crippen LogP contribution in [-0.4, -0.2) is 24.1 Å². The second-order valence-corrected chi connectivity index (χ2v) is 4.17. The summed E-state index contributed by atoms with van der Waals surface area (Å²) in [6.07, 6.45) is 5.51. The summed E-state index contributed by atoms with van der Waals surface area (Å²) in [5.41, 5.74) is 1.87. The molecule has 1 saturated heterocycles. The summed E-state index contributed by atoms with van der Waals surface area (Å²) < 4.78 is 0. The van der Waals surface area contributed by atoms with Crippen LogP contribution in [0.15, 0.2) is 29.3 Å². The van der Waals surface area contributed by atoms with Gasteiger partial charge >= 0.3 is 0 Å². The van der Waals surface area contributed by atoms with Crippen LogP contribution < -0.4 is 0 Å². The highest BCUT2D eigenvalue weighted by molar-refractivity contribution is 5.53. The van der Waals surface area contributed by atoms with E-state index < -0.39 is 0 Å². The summed E-state index contributed by atoms with van der Waals surface area (Å²) in [7, 11) is 0. The third-order valence-corrected chi connectivity index (χ3v) is 3.00. The zero-order valence-corrected chi connectivity index (χ0v) is 9.35. The minimum Gasteiger partial charge on any atom is -0.299 e. The van der Waals surface area contributed by atoms with Crippen LogP contribution >= 0.6 is 0 Å². The van der Waals surface area contributed by atoms with Crippen molar-refractivity contribution in [2.45, 2.75) is 25.8 Å². The molecule has 0 bridgehead atoms. The molecule has 16 heavy (non-hydrogen) atoms. The van der Waals surface area contributed by atoms with Crippen LogP contribution in [0.2, 0.25) is 0 Å². The molecule has 0 spiro atoms. The predicted molar refractivity (Wildman–Crippen MR) is 63.4 cm³/mol. The predicted octanol–water partition coefficient (Wildman–Crippen LogP) is 2.64. The van der Waals surface area contributed by atoms with E-state index in [0.29, 0.717) is 0 Å². The molecule has 0 radical (unpaired) electrons. The molecule has 0 aliphatic carbocycles. The van der Waals surface area contributed by atoms with Crippen molar-refractivity contribution in [1.29, 1.82) is 0 Å². The Labute approximate surface area is 95.8 Å². The number of benzene rings is 1. The lowest BCUT2D eigenvalue weighted by atomic mass is 10.1. The fraction of sp³-hybridized carbons (Fsp3) is 0.462. The molecule has 1 fully saturated rings. The third-order valence-electron chi connectivity index (χ3n) is 3.00. The SMILES string of the molecule is O=C=Nc1ccccc1CN1CCCCC1. The average molecular weight is 216 g/mol. The largest absolute Gasteiger partial charge is 0.299 e. The van der Waals surface area contributed by atoms with Gasteiger partial charge < -0.3 is 0 Å². The molecule has 3 nitrogen and oxygen atoms in total. The molecular weight excluding hydrogens is 200 g/mol. The Bertz CT molecular complexity index is 391. The number of piperidine rings is 1. The van der Waals surface area contributed by atoms with E-state index in [1.54, 1.807) is 6.08 Å². The van der Waals surface area contributed by atoms with Crippen molar-refractivity contribution in [3.63, 3.8) is 0 Å². The molecule has 0 saturated carbocycles. The number of hydrogen-bond donors (Lipinski definition) is 0. The number of likely N-dealkylation sites (tertiary alicyclic amines) is 1. The monoisotopic (exact) mass is 216 g/mol. The fourth-order valence-electron chi connectivity index (χ4n) is 2.16. The van der Waals surface area contributed by atoms with Crippen molar-refractivity contribution in [3.8, 4) is 0 Å². The smallest absolute Gasteiger partial charge is 0.240 e. The van der Waals surface area contributed by atoms with E-state index in [9.17, 15) is 4.79 Å². The van der Waals surface area contributed by atoms with Crippen molar-refractivity contribution in [3.05, 3.63) is 29.8 Å². The van der Waals surface area contributed by atoms with Gasteiger partial charge in [-0.3, -0.25) is 4.90 Å². The maximum Gasteiger partial charge on any atom is 0.240 e. The first-order valence-electron chi connectivity index (χ1n) is 5.78. The third kappa shape index (κ3) is 2.78.